The minimum Gasteiger partial charge on any atom is -0.465 e. The lowest BCUT2D eigenvalue weighted by molar-refractivity contribution is 0.0600. The van der Waals surface area contributed by atoms with E-state index >= 15 is 0 Å². The van der Waals surface area contributed by atoms with E-state index in [1.807, 2.05) is 24.3 Å². The van der Waals surface area contributed by atoms with Gasteiger partial charge in [0.1, 0.15) is 0 Å². The number of carbonyl (C=O) groups excluding carboxylic acids is 1. The molecule has 2 aromatic rings. The van der Waals surface area contributed by atoms with Crippen molar-refractivity contribution in [2.45, 2.75) is 18.4 Å². The van der Waals surface area contributed by atoms with E-state index in [1.54, 1.807) is 0 Å². The van der Waals surface area contributed by atoms with Gasteiger partial charge in [0.2, 0.25) is 0 Å². The van der Waals surface area contributed by atoms with Crippen molar-refractivity contribution in [3.05, 3.63) is 75.8 Å². The average molecular weight is 384 g/mol. The number of hydrogen-bond donors (Lipinski definition) is 1. The Labute approximate surface area is 149 Å². The van der Waals surface area contributed by atoms with Crippen molar-refractivity contribution in [2.24, 2.45) is 5.92 Å². The Morgan fingerprint density at radius 1 is 1.21 bits per heavy atom. The molecule has 1 aliphatic carbocycles. The molecule has 0 aromatic heterocycles. The average Bonchev–Trinajstić information content (AvgIpc) is 3.10. The molecule has 4 heteroatoms. The Morgan fingerprint density at radius 3 is 2.83 bits per heavy atom. The fourth-order valence-corrected chi connectivity index (χ4v) is 4.41. The van der Waals surface area contributed by atoms with E-state index in [9.17, 15) is 4.79 Å². The topological polar surface area (TPSA) is 38.3 Å². The Bertz CT molecular complexity index is 830. The normalized spacial score (nSPS) is 24.0. The molecular weight excluding hydrogens is 366 g/mol. The van der Waals surface area contributed by atoms with Gasteiger partial charge in [-0.15, -0.1) is 0 Å². The number of esters is 1. The molecule has 24 heavy (non-hydrogen) atoms. The lowest BCUT2D eigenvalue weighted by Gasteiger charge is -2.38. The Kier molecular flexibility index (Phi) is 3.93. The van der Waals surface area contributed by atoms with Gasteiger partial charge in [-0.3, -0.25) is 0 Å². The van der Waals surface area contributed by atoms with Gasteiger partial charge in [0, 0.05) is 16.1 Å². The van der Waals surface area contributed by atoms with Crippen molar-refractivity contribution in [1.82, 2.24) is 0 Å². The van der Waals surface area contributed by atoms with Gasteiger partial charge in [0.15, 0.2) is 0 Å². The van der Waals surface area contributed by atoms with E-state index in [1.165, 1.54) is 18.2 Å². The second kappa shape index (κ2) is 6.10. The van der Waals surface area contributed by atoms with Gasteiger partial charge in [-0.1, -0.05) is 46.3 Å². The molecule has 4 rings (SSSR count). The second-order valence-corrected chi connectivity index (χ2v) is 7.14. The minimum absolute atomic E-state index is 0.247. The van der Waals surface area contributed by atoms with E-state index in [-0.39, 0.29) is 12.0 Å². The van der Waals surface area contributed by atoms with Gasteiger partial charge in [-0.2, -0.15) is 0 Å². The Balaban J connectivity index is 1.78. The van der Waals surface area contributed by atoms with E-state index < -0.39 is 0 Å². The molecule has 1 N–H and O–H groups in total. The predicted octanol–water partition coefficient (Wildman–Crippen LogP) is 5.06. The summed E-state index contributed by atoms with van der Waals surface area (Å²) in [5.74, 6) is 0.483. The van der Waals surface area contributed by atoms with Gasteiger partial charge in [0.05, 0.1) is 18.7 Å². The predicted molar refractivity (Wildman–Crippen MR) is 98.3 cm³/mol. The summed E-state index contributed by atoms with van der Waals surface area (Å²) < 4.78 is 5.99. The molecule has 2 aromatic carbocycles. The standard InChI is InChI=1S/C20H18BrNO2/c1-24-20(23)12-9-10-18-16(11-12)13-6-4-7-14(13)19(22-18)15-5-2-3-8-17(15)21/h2-6,8-11,13-14,19,22H,7H2,1H3/t13-,14-,19-/m1/s1. The van der Waals surface area contributed by atoms with Crippen LogP contribution in [-0.2, 0) is 4.74 Å². The van der Waals surface area contributed by atoms with Crippen LogP contribution in [0.1, 0.15) is 39.9 Å². The second-order valence-electron chi connectivity index (χ2n) is 6.29. The highest BCUT2D eigenvalue weighted by Gasteiger charge is 2.38. The van der Waals surface area contributed by atoms with E-state index in [4.69, 9.17) is 4.74 Å². The first kappa shape index (κ1) is 15.5. The molecule has 1 aliphatic heterocycles. The largest absolute Gasteiger partial charge is 0.465 e. The molecule has 0 fully saturated rings. The highest BCUT2D eigenvalue weighted by atomic mass is 79.9. The number of fused-ring (bicyclic) bond motifs is 3. The van der Waals surface area contributed by atoms with Crippen LogP contribution in [0, 0.1) is 5.92 Å². The molecule has 122 valence electrons. The van der Waals surface area contributed by atoms with E-state index in [0.29, 0.717) is 17.4 Å². The van der Waals surface area contributed by atoms with Crippen molar-refractivity contribution in [2.75, 3.05) is 12.4 Å². The van der Waals surface area contributed by atoms with Crippen molar-refractivity contribution in [1.29, 1.82) is 0 Å². The quantitative estimate of drug-likeness (QED) is 0.581. The molecular formula is C20H18BrNO2. The van der Waals surface area contributed by atoms with Gasteiger partial charge < -0.3 is 10.1 Å². The SMILES string of the molecule is COC(=O)c1ccc2c(c1)[C@@H]1C=CC[C@H]1[C@H](c1ccccc1Br)N2. The molecule has 1 heterocycles. The molecule has 0 spiro atoms. The summed E-state index contributed by atoms with van der Waals surface area (Å²) in [6, 6.07) is 14.4. The van der Waals surface area contributed by atoms with Crippen LogP contribution in [0.4, 0.5) is 5.69 Å². The summed E-state index contributed by atoms with van der Waals surface area (Å²) in [5, 5.41) is 3.69. The summed E-state index contributed by atoms with van der Waals surface area (Å²) in [6.45, 7) is 0. The summed E-state index contributed by atoms with van der Waals surface area (Å²) in [7, 11) is 1.42. The zero-order chi connectivity index (χ0) is 16.7. The lowest BCUT2D eigenvalue weighted by atomic mass is 9.76. The van der Waals surface area contributed by atoms with Crippen LogP contribution < -0.4 is 5.32 Å². The fraction of sp³-hybridized carbons (Fsp3) is 0.250. The number of benzene rings is 2. The number of nitrogens with one attached hydrogen (secondary N) is 1. The molecule has 0 saturated carbocycles. The Hall–Kier alpha value is -2.07. The van der Waals surface area contributed by atoms with Crippen LogP contribution in [0.2, 0.25) is 0 Å². The first-order valence-electron chi connectivity index (χ1n) is 8.09. The number of ether oxygens (including phenoxy) is 1. The van der Waals surface area contributed by atoms with Crippen LogP contribution in [-0.4, -0.2) is 13.1 Å². The lowest BCUT2D eigenvalue weighted by Crippen LogP contribution is -2.29. The summed E-state index contributed by atoms with van der Waals surface area (Å²) in [5.41, 5.74) is 4.16. The molecule has 0 radical (unpaired) electrons. The van der Waals surface area contributed by atoms with Crippen molar-refractivity contribution < 1.29 is 9.53 Å². The van der Waals surface area contributed by atoms with E-state index in [0.717, 1.165) is 16.6 Å². The van der Waals surface area contributed by atoms with Gasteiger partial charge in [0.25, 0.3) is 0 Å². The first-order chi connectivity index (χ1) is 11.7. The monoisotopic (exact) mass is 383 g/mol. The molecule has 0 unspecified atom stereocenters. The maximum absolute atomic E-state index is 11.9. The van der Waals surface area contributed by atoms with Crippen LogP contribution in [0.3, 0.4) is 0 Å². The van der Waals surface area contributed by atoms with Crippen molar-refractivity contribution in [3.63, 3.8) is 0 Å². The molecule has 3 nitrogen and oxygen atoms in total. The van der Waals surface area contributed by atoms with Crippen LogP contribution in [0.25, 0.3) is 0 Å². The maximum Gasteiger partial charge on any atom is 0.337 e. The molecule has 2 aliphatic rings. The maximum atomic E-state index is 11.9. The molecule has 0 bridgehead atoms. The van der Waals surface area contributed by atoms with Gasteiger partial charge in [-0.25, -0.2) is 4.79 Å². The first-order valence-corrected chi connectivity index (χ1v) is 8.88. The summed E-state index contributed by atoms with van der Waals surface area (Å²) in [4.78, 5) is 11.9. The molecule has 3 atom stereocenters. The smallest absolute Gasteiger partial charge is 0.337 e. The van der Waals surface area contributed by atoms with E-state index in [2.05, 4.69) is 51.6 Å². The van der Waals surface area contributed by atoms with Gasteiger partial charge in [-0.05, 0) is 47.7 Å². The third-order valence-corrected chi connectivity index (χ3v) is 5.75. The number of allylic oxidation sites excluding steroid dienone is 2. The summed E-state index contributed by atoms with van der Waals surface area (Å²) >= 11 is 3.69. The third-order valence-electron chi connectivity index (χ3n) is 5.02. The zero-order valence-electron chi connectivity index (χ0n) is 13.3. The fourth-order valence-electron chi connectivity index (χ4n) is 3.87. The van der Waals surface area contributed by atoms with Crippen LogP contribution in [0.5, 0.6) is 0 Å². The summed E-state index contributed by atoms with van der Waals surface area (Å²) in [6.07, 6.45) is 5.56. The number of carbonyl (C=O) groups is 1. The zero-order valence-corrected chi connectivity index (χ0v) is 14.9. The molecule has 0 amide bonds. The number of methoxy groups -OCH3 is 1. The number of rotatable bonds is 2. The number of hydrogen-bond acceptors (Lipinski definition) is 3. The minimum atomic E-state index is -0.288. The molecule has 0 saturated heterocycles. The number of anilines is 1. The van der Waals surface area contributed by atoms with Crippen molar-refractivity contribution >= 4 is 27.6 Å². The third kappa shape index (κ3) is 2.46. The van der Waals surface area contributed by atoms with Gasteiger partial charge >= 0.3 is 5.97 Å². The van der Waals surface area contributed by atoms with Crippen molar-refractivity contribution in [3.8, 4) is 0 Å². The Morgan fingerprint density at radius 2 is 2.04 bits per heavy atom. The highest BCUT2D eigenvalue weighted by Crippen LogP contribution is 2.50. The number of halogens is 1. The van der Waals surface area contributed by atoms with Crippen LogP contribution in [0.15, 0.2) is 59.1 Å². The highest BCUT2D eigenvalue weighted by molar-refractivity contribution is 9.10. The van der Waals surface area contributed by atoms with Crippen LogP contribution >= 0.6 is 15.9 Å².